The molecule has 3 rings (SSSR count). The number of rotatable bonds is 5. The lowest BCUT2D eigenvalue weighted by Crippen LogP contribution is -2.60. The van der Waals surface area contributed by atoms with Crippen molar-refractivity contribution in [2.24, 2.45) is 5.41 Å². The van der Waals surface area contributed by atoms with Crippen molar-refractivity contribution < 1.29 is 39.4 Å². The van der Waals surface area contributed by atoms with E-state index in [1.165, 1.54) is 13.0 Å². The Labute approximate surface area is 158 Å². The Morgan fingerprint density at radius 3 is 2.37 bits per heavy atom. The zero-order valence-corrected chi connectivity index (χ0v) is 16.2. The van der Waals surface area contributed by atoms with Gasteiger partial charge in [-0.1, -0.05) is 13.8 Å². The molecule has 0 amide bonds. The number of allylic oxidation sites excluding steroid dienone is 1. The first-order chi connectivity index (χ1) is 12.5. The number of carbonyl (C=O) groups is 1. The summed E-state index contributed by atoms with van der Waals surface area (Å²) in [6.45, 7) is 7.02. The summed E-state index contributed by atoms with van der Waals surface area (Å²) in [5.41, 5.74) is -1.41. The molecule has 154 valence electrons. The third-order valence-corrected chi connectivity index (χ3v) is 6.22. The molecule has 8 atom stereocenters. The van der Waals surface area contributed by atoms with E-state index in [9.17, 15) is 25.2 Å². The van der Waals surface area contributed by atoms with Gasteiger partial charge in [0.2, 0.25) is 0 Å². The van der Waals surface area contributed by atoms with E-state index in [0.717, 1.165) is 0 Å². The highest BCUT2D eigenvalue weighted by atomic mass is 16.7. The van der Waals surface area contributed by atoms with Gasteiger partial charge >= 0.3 is 0 Å². The summed E-state index contributed by atoms with van der Waals surface area (Å²) in [6.07, 6.45) is -2.34. The zero-order chi connectivity index (χ0) is 20.2. The fraction of sp³-hybridized carbons (Fsp3) is 0.842. The van der Waals surface area contributed by atoms with E-state index in [4.69, 9.17) is 14.2 Å². The van der Waals surface area contributed by atoms with Crippen LogP contribution in [-0.2, 0) is 19.0 Å². The molecule has 0 spiro atoms. The van der Waals surface area contributed by atoms with E-state index < -0.39 is 48.5 Å². The van der Waals surface area contributed by atoms with Gasteiger partial charge in [0.1, 0.15) is 35.6 Å². The van der Waals surface area contributed by atoms with Gasteiger partial charge in [-0.25, -0.2) is 0 Å². The Bertz CT molecular complexity index is 617. The van der Waals surface area contributed by atoms with Crippen molar-refractivity contribution in [2.45, 2.75) is 88.5 Å². The van der Waals surface area contributed by atoms with E-state index in [0.29, 0.717) is 12.8 Å². The summed E-state index contributed by atoms with van der Waals surface area (Å²) in [5.74, 6) is -0.0438. The summed E-state index contributed by atoms with van der Waals surface area (Å²) in [4.78, 5) is 11.4. The average Bonchev–Trinajstić information content (AvgIpc) is 3.20. The largest absolute Gasteiger partial charge is 0.394 e. The number of carbonyl (C=O) groups excluding carboxylic acids is 1. The van der Waals surface area contributed by atoms with Gasteiger partial charge in [-0.2, -0.15) is 0 Å². The molecule has 0 aromatic rings. The van der Waals surface area contributed by atoms with Gasteiger partial charge in [-0.05, 0) is 32.4 Å². The van der Waals surface area contributed by atoms with Crippen molar-refractivity contribution in [1.29, 1.82) is 0 Å². The quantitative estimate of drug-likeness (QED) is 0.373. The minimum Gasteiger partial charge on any atom is -0.394 e. The first-order valence-electron chi connectivity index (χ1n) is 9.32. The third kappa shape index (κ3) is 3.37. The number of ether oxygens (including phenoxy) is 3. The molecule has 27 heavy (non-hydrogen) atoms. The number of hydrogen-bond acceptors (Lipinski definition) is 8. The topological polar surface area (TPSA) is 129 Å². The SMILES string of the molecule is CC(=O)C=C[C@@]12O[C@]1(C)C[C@@H](O[C@@H]1O[C@H](CO)[C@@H](O)[C@H](O)[C@H]1O)CC2(C)C. The minimum atomic E-state index is -1.47. The number of fused-ring (bicyclic) bond motifs is 1. The highest BCUT2D eigenvalue weighted by Gasteiger charge is 2.75. The van der Waals surface area contributed by atoms with E-state index >= 15 is 0 Å². The van der Waals surface area contributed by atoms with Gasteiger partial charge in [0.15, 0.2) is 12.1 Å². The van der Waals surface area contributed by atoms with Crippen molar-refractivity contribution in [2.75, 3.05) is 6.61 Å². The van der Waals surface area contributed by atoms with Gasteiger partial charge in [0.25, 0.3) is 0 Å². The van der Waals surface area contributed by atoms with Crippen LogP contribution in [0.2, 0.25) is 0 Å². The molecule has 1 saturated carbocycles. The number of aliphatic hydroxyl groups is 4. The molecular formula is C19H30O8. The van der Waals surface area contributed by atoms with E-state index in [1.54, 1.807) is 0 Å². The van der Waals surface area contributed by atoms with Crippen LogP contribution in [0.25, 0.3) is 0 Å². The van der Waals surface area contributed by atoms with E-state index in [2.05, 4.69) is 0 Å². The summed E-state index contributed by atoms with van der Waals surface area (Å²) < 4.78 is 17.5. The number of epoxide rings is 1. The minimum absolute atomic E-state index is 0.0438. The van der Waals surface area contributed by atoms with Crippen LogP contribution in [0.3, 0.4) is 0 Å². The van der Waals surface area contributed by atoms with Gasteiger partial charge in [0, 0.05) is 11.8 Å². The highest BCUT2D eigenvalue weighted by molar-refractivity contribution is 5.87. The van der Waals surface area contributed by atoms with Crippen LogP contribution in [0.1, 0.15) is 40.5 Å². The summed E-state index contributed by atoms with van der Waals surface area (Å²) in [7, 11) is 0. The Kier molecular flexibility index (Phi) is 5.31. The molecule has 0 aromatic carbocycles. The van der Waals surface area contributed by atoms with Crippen LogP contribution < -0.4 is 0 Å². The lowest BCUT2D eigenvalue weighted by molar-refractivity contribution is -0.315. The number of hydrogen-bond donors (Lipinski definition) is 4. The third-order valence-electron chi connectivity index (χ3n) is 6.22. The second-order valence-electron chi connectivity index (χ2n) is 8.76. The van der Waals surface area contributed by atoms with Gasteiger partial charge in [0.05, 0.1) is 12.7 Å². The molecule has 2 saturated heterocycles. The first kappa shape index (κ1) is 20.9. The smallest absolute Gasteiger partial charge is 0.186 e. The Morgan fingerprint density at radius 2 is 1.81 bits per heavy atom. The molecule has 1 aliphatic carbocycles. The standard InChI is InChI=1S/C19H30O8/c1-10(21)5-6-19-17(2,3)7-11(8-18(19,4)27-19)25-16-15(24)14(23)13(22)12(9-20)26-16/h5-6,11-16,20,22-24H,7-9H2,1-4H3/t11-,12+,13+,14-,15+,16+,18+,19-/m0/s1. The molecule has 3 fully saturated rings. The second kappa shape index (κ2) is 6.88. The molecule has 0 radical (unpaired) electrons. The van der Waals surface area contributed by atoms with Gasteiger partial charge in [-0.3, -0.25) is 4.79 Å². The molecule has 8 heteroatoms. The van der Waals surface area contributed by atoms with E-state index in [-0.39, 0.29) is 17.3 Å². The fourth-order valence-electron chi connectivity index (χ4n) is 4.74. The Morgan fingerprint density at radius 1 is 1.15 bits per heavy atom. The normalized spacial score (nSPS) is 49.0. The van der Waals surface area contributed by atoms with Crippen molar-refractivity contribution in [1.82, 2.24) is 0 Å². The van der Waals surface area contributed by atoms with Crippen molar-refractivity contribution in [3.8, 4) is 0 Å². The van der Waals surface area contributed by atoms with Crippen molar-refractivity contribution in [3.63, 3.8) is 0 Å². The molecule has 8 nitrogen and oxygen atoms in total. The van der Waals surface area contributed by atoms with E-state index in [1.807, 2.05) is 26.8 Å². The van der Waals surface area contributed by atoms with Crippen LogP contribution in [0.5, 0.6) is 0 Å². The molecular weight excluding hydrogens is 356 g/mol. The summed E-state index contributed by atoms with van der Waals surface area (Å²) in [5, 5.41) is 39.3. The average molecular weight is 386 g/mol. The maximum Gasteiger partial charge on any atom is 0.186 e. The van der Waals surface area contributed by atoms with Crippen LogP contribution in [0, 0.1) is 5.41 Å². The fourth-order valence-corrected chi connectivity index (χ4v) is 4.74. The summed E-state index contributed by atoms with van der Waals surface area (Å²) in [6, 6.07) is 0. The number of aliphatic hydroxyl groups excluding tert-OH is 4. The molecule has 0 aromatic heterocycles. The molecule has 0 bridgehead atoms. The predicted octanol–water partition coefficient (Wildman–Crippen LogP) is -0.336. The molecule has 2 heterocycles. The molecule has 2 aliphatic heterocycles. The van der Waals surface area contributed by atoms with Crippen molar-refractivity contribution in [3.05, 3.63) is 12.2 Å². The molecule has 4 N–H and O–H groups in total. The predicted molar refractivity (Wildman–Crippen MR) is 93.7 cm³/mol. The summed E-state index contributed by atoms with van der Waals surface area (Å²) >= 11 is 0. The second-order valence-corrected chi connectivity index (χ2v) is 8.76. The number of ketones is 1. The van der Waals surface area contributed by atoms with Crippen LogP contribution in [0.15, 0.2) is 12.2 Å². The first-order valence-corrected chi connectivity index (χ1v) is 9.32. The molecule has 0 unspecified atom stereocenters. The monoisotopic (exact) mass is 386 g/mol. The van der Waals surface area contributed by atoms with Crippen LogP contribution in [0.4, 0.5) is 0 Å². The lowest BCUT2D eigenvalue weighted by Gasteiger charge is -2.44. The molecule has 3 aliphatic rings. The van der Waals surface area contributed by atoms with Gasteiger partial charge in [-0.15, -0.1) is 0 Å². The maximum absolute atomic E-state index is 11.4. The van der Waals surface area contributed by atoms with Gasteiger partial charge < -0.3 is 34.6 Å². The van der Waals surface area contributed by atoms with Crippen LogP contribution in [-0.4, -0.2) is 80.8 Å². The Hall–Kier alpha value is -0.870. The lowest BCUT2D eigenvalue weighted by atomic mass is 9.63. The maximum atomic E-state index is 11.4. The van der Waals surface area contributed by atoms with Crippen LogP contribution >= 0.6 is 0 Å². The highest BCUT2D eigenvalue weighted by Crippen LogP contribution is 2.66. The zero-order valence-electron chi connectivity index (χ0n) is 16.2. The van der Waals surface area contributed by atoms with Crippen molar-refractivity contribution >= 4 is 5.78 Å². The Balaban J connectivity index is 1.73.